The van der Waals surface area contributed by atoms with E-state index in [0.717, 1.165) is 30.9 Å². The van der Waals surface area contributed by atoms with Crippen molar-refractivity contribution in [3.63, 3.8) is 0 Å². The van der Waals surface area contributed by atoms with Crippen LogP contribution in [0.4, 0.5) is 0 Å². The van der Waals surface area contributed by atoms with Crippen LogP contribution in [-0.2, 0) is 26.6 Å². The van der Waals surface area contributed by atoms with Gasteiger partial charge in [0.05, 0.1) is 17.6 Å². The van der Waals surface area contributed by atoms with Gasteiger partial charge in [0.2, 0.25) is 0 Å². The van der Waals surface area contributed by atoms with Crippen LogP contribution in [0.3, 0.4) is 0 Å². The molecule has 0 saturated carbocycles. The second-order valence-electron chi connectivity index (χ2n) is 5.30. The molecule has 0 amide bonds. The summed E-state index contributed by atoms with van der Waals surface area (Å²) in [6.07, 6.45) is 1.07. The maximum atomic E-state index is 4.69. The van der Waals surface area contributed by atoms with E-state index < -0.39 is 0 Å². The Morgan fingerprint density at radius 1 is 0.952 bits per heavy atom. The maximum Gasteiger partial charge on any atom is 0.123 e. The molecule has 3 rings (SSSR count). The molecule has 3 aromatic rings. The lowest BCUT2D eigenvalue weighted by molar-refractivity contribution is 0.640. The highest BCUT2D eigenvalue weighted by Gasteiger charge is 2.06. The highest BCUT2D eigenvalue weighted by Crippen LogP contribution is 2.14. The van der Waals surface area contributed by atoms with Crippen molar-refractivity contribution in [2.45, 2.75) is 26.4 Å². The van der Waals surface area contributed by atoms with Crippen LogP contribution in [0.2, 0.25) is 0 Å². The molecule has 1 N–H and O–H groups in total. The SMILES string of the molecule is CCc1ccccc1CNCc1nc2ccccc2n1C. The Hall–Kier alpha value is -2.13. The third kappa shape index (κ3) is 2.83. The highest BCUT2D eigenvalue weighted by molar-refractivity contribution is 5.75. The molecule has 2 aromatic carbocycles. The van der Waals surface area contributed by atoms with Gasteiger partial charge in [-0.2, -0.15) is 0 Å². The Morgan fingerprint density at radius 2 is 1.67 bits per heavy atom. The van der Waals surface area contributed by atoms with Gasteiger partial charge in [-0.25, -0.2) is 4.98 Å². The van der Waals surface area contributed by atoms with Crippen molar-refractivity contribution in [1.82, 2.24) is 14.9 Å². The van der Waals surface area contributed by atoms with Crippen LogP contribution in [0, 0.1) is 0 Å². The van der Waals surface area contributed by atoms with Crippen molar-refractivity contribution in [1.29, 1.82) is 0 Å². The Morgan fingerprint density at radius 3 is 2.43 bits per heavy atom. The summed E-state index contributed by atoms with van der Waals surface area (Å²) >= 11 is 0. The molecule has 0 aliphatic rings. The fraction of sp³-hybridized carbons (Fsp3) is 0.278. The minimum atomic E-state index is 0.781. The van der Waals surface area contributed by atoms with E-state index in [1.807, 2.05) is 6.07 Å². The smallest absolute Gasteiger partial charge is 0.123 e. The number of benzene rings is 2. The number of nitrogens with one attached hydrogen (secondary N) is 1. The van der Waals surface area contributed by atoms with Gasteiger partial charge < -0.3 is 9.88 Å². The number of imidazole rings is 1. The number of fused-ring (bicyclic) bond motifs is 1. The minimum absolute atomic E-state index is 0.781. The van der Waals surface area contributed by atoms with Crippen LogP contribution in [0.25, 0.3) is 11.0 Å². The first-order valence-electron chi connectivity index (χ1n) is 7.47. The van der Waals surface area contributed by atoms with E-state index >= 15 is 0 Å². The summed E-state index contributed by atoms with van der Waals surface area (Å²) in [6, 6.07) is 16.9. The zero-order chi connectivity index (χ0) is 14.7. The normalized spacial score (nSPS) is 11.1. The second-order valence-corrected chi connectivity index (χ2v) is 5.30. The monoisotopic (exact) mass is 279 g/mol. The average Bonchev–Trinajstić information content (AvgIpc) is 2.85. The molecule has 0 aliphatic carbocycles. The molecule has 3 nitrogen and oxygen atoms in total. The zero-order valence-corrected chi connectivity index (χ0v) is 12.6. The molecule has 0 bridgehead atoms. The van der Waals surface area contributed by atoms with Crippen molar-refractivity contribution in [3.05, 3.63) is 65.5 Å². The number of hydrogen-bond acceptors (Lipinski definition) is 2. The van der Waals surface area contributed by atoms with Gasteiger partial charge in [0.15, 0.2) is 0 Å². The predicted octanol–water partition coefficient (Wildman–Crippen LogP) is 3.43. The van der Waals surface area contributed by atoms with E-state index in [0.29, 0.717) is 0 Å². The van der Waals surface area contributed by atoms with Gasteiger partial charge >= 0.3 is 0 Å². The Bertz CT molecular complexity index is 743. The Labute approximate surface area is 125 Å². The first kappa shape index (κ1) is 13.8. The number of rotatable bonds is 5. The molecular weight excluding hydrogens is 258 g/mol. The van der Waals surface area contributed by atoms with Crippen LogP contribution in [0.5, 0.6) is 0 Å². The molecule has 0 atom stereocenters. The first-order valence-corrected chi connectivity index (χ1v) is 7.47. The van der Waals surface area contributed by atoms with Gasteiger partial charge in [-0.1, -0.05) is 43.3 Å². The number of aromatic nitrogens is 2. The predicted molar refractivity (Wildman–Crippen MR) is 87.1 cm³/mol. The fourth-order valence-corrected chi connectivity index (χ4v) is 2.74. The van der Waals surface area contributed by atoms with Gasteiger partial charge in [0.1, 0.15) is 5.82 Å². The molecule has 1 heterocycles. The van der Waals surface area contributed by atoms with Crippen LogP contribution in [0.1, 0.15) is 23.9 Å². The quantitative estimate of drug-likeness (QED) is 0.775. The minimum Gasteiger partial charge on any atom is -0.330 e. The molecule has 0 spiro atoms. The number of para-hydroxylation sites is 2. The van der Waals surface area contributed by atoms with Crippen LogP contribution in [0.15, 0.2) is 48.5 Å². The largest absolute Gasteiger partial charge is 0.330 e. The molecule has 0 saturated heterocycles. The van der Waals surface area contributed by atoms with Gasteiger partial charge in [-0.05, 0) is 29.7 Å². The summed E-state index contributed by atoms with van der Waals surface area (Å²) in [4.78, 5) is 4.69. The average molecular weight is 279 g/mol. The van der Waals surface area contributed by atoms with Crippen molar-refractivity contribution >= 4 is 11.0 Å². The van der Waals surface area contributed by atoms with Crippen molar-refractivity contribution < 1.29 is 0 Å². The van der Waals surface area contributed by atoms with Crippen LogP contribution in [-0.4, -0.2) is 9.55 Å². The molecule has 21 heavy (non-hydrogen) atoms. The second kappa shape index (κ2) is 6.10. The molecular formula is C18H21N3. The van der Waals surface area contributed by atoms with E-state index in [-0.39, 0.29) is 0 Å². The number of aryl methyl sites for hydroxylation is 2. The topological polar surface area (TPSA) is 29.9 Å². The van der Waals surface area contributed by atoms with Crippen molar-refractivity contribution in [2.24, 2.45) is 7.05 Å². The van der Waals surface area contributed by atoms with Crippen molar-refractivity contribution in [2.75, 3.05) is 0 Å². The Balaban J connectivity index is 1.71. The molecule has 108 valence electrons. The fourth-order valence-electron chi connectivity index (χ4n) is 2.74. The maximum absolute atomic E-state index is 4.69. The zero-order valence-electron chi connectivity index (χ0n) is 12.6. The summed E-state index contributed by atoms with van der Waals surface area (Å²) in [5.74, 6) is 1.07. The van der Waals surface area contributed by atoms with Crippen molar-refractivity contribution in [3.8, 4) is 0 Å². The molecule has 1 aromatic heterocycles. The third-order valence-corrected chi connectivity index (χ3v) is 3.98. The lowest BCUT2D eigenvalue weighted by Gasteiger charge is -2.09. The van der Waals surface area contributed by atoms with E-state index in [2.05, 4.69) is 71.3 Å². The third-order valence-electron chi connectivity index (χ3n) is 3.98. The van der Waals surface area contributed by atoms with Crippen LogP contribution >= 0.6 is 0 Å². The molecule has 0 unspecified atom stereocenters. The summed E-state index contributed by atoms with van der Waals surface area (Å²) in [6.45, 7) is 3.86. The summed E-state index contributed by atoms with van der Waals surface area (Å²) in [5, 5.41) is 3.51. The van der Waals surface area contributed by atoms with E-state index in [4.69, 9.17) is 0 Å². The standard InChI is InChI=1S/C18H21N3/c1-3-14-8-4-5-9-15(14)12-19-13-18-20-16-10-6-7-11-17(16)21(18)2/h4-11,19H,3,12-13H2,1-2H3. The van der Waals surface area contributed by atoms with E-state index in [1.54, 1.807) is 0 Å². The molecule has 0 aliphatic heterocycles. The molecule has 0 fully saturated rings. The Kier molecular flexibility index (Phi) is 4.02. The molecule has 0 radical (unpaired) electrons. The highest BCUT2D eigenvalue weighted by atomic mass is 15.1. The lowest BCUT2D eigenvalue weighted by Crippen LogP contribution is -2.16. The number of hydrogen-bond donors (Lipinski definition) is 1. The first-order chi connectivity index (χ1) is 10.3. The van der Waals surface area contributed by atoms with Gasteiger partial charge in [-0.3, -0.25) is 0 Å². The van der Waals surface area contributed by atoms with Gasteiger partial charge in [0, 0.05) is 13.6 Å². The van der Waals surface area contributed by atoms with Crippen LogP contribution < -0.4 is 5.32 Å². The number of nitrogens with zero attached hydrogens (tertiary/aromatic N) is 2. The molecule has 3 heteroatoms. The lowest BCUT2D eigenvalue weighted by atomic mass is 10.1. The summed E-state index contributed by atoms with van der Waals surface area (Å²) in [7, 11) is 2.08. The van der Waals surface area contributed by atoms with Gasteiger partial charge in [0.25, 0.3) is 0 Å². The van der Waals surface area contributed by atoms with E-state index in [1.165, 1.54) is 16.6 Å². The van der Waals surface area contributed by atoms with E-state index in [9.17, 15) is 0 Å². The van der Waals surface area contributed by atoms with Gasteiger partial charge in [-0.15, -0.1) is 0 Å². The summed E-state index contributed by atoms with van der Waals surface area (Å²) < 4.78 is 2.16. The summed E-state index contributed by atoms with van der Waals surface area (Å²) in [5.41, 5.74) is 5.03.